The minimum absolute atomic E-state index is 0.0212. The summed E-state index contributed by atoms with van der Waals surface area (Å²) in [6.07, 6.45) is 3.91. The van der Waals surface area contributed by atoms with Gasteiger partial charge in [-0.15, -0.1) is 0 Å². The molecule has 4 N–H and O–H groups in total. The maximum absolute atomic E-state index is 13.8. The normalized spacial score (nSPS) is 15.6. The van der Waals surface area contributed by atoms with E-state index in [1.54, 1.807) is 37.3 Å². The average molecular weight is 597 g/mol. The summed E-state index contributed by atoms with van der Waals surface area (Å²) in [5.41, 5.74) is 6.44. The Morgan fingerprint density at radius 3 is 2.48 bits per heavy atom. The lowest BCUT2D eigenvalue weighted by atomic mass is 9.95. The third-order valence-corrected chi connectivity index (χ3v) is 7.78. The summed E-state index contributed by atoms with van der Waals surface area (Å²) in [6.45, 7) is 7.05. The minimum Gasteiger partial charge on any atom is -0.457 e. The predicted octanol–water partition coefficient (Wildman–Crippen LogP) is 3.15. The van der Waals surface area contributed by atoms with Crippen molar-refractivity contribution in [2.24, 2.45) is 0 Å². The third kappa shape index (κ3) is 6.49. The number of nitrogen functional groups attached to an aromatic ring is 1. The van der Waals surface area contributed by atoms with Crippen molar-refractivity contribution in [1.29, 1.82) is 5.26 Å². The average Bonchev–Trinajstić information content (AvgIpc) is 3.28. The van der Waals surface area contributed by atoms with Crippen LogP contribution in [-0.4, -0.2) is 65.8 Å². The molecule has 0 spiro atoms. The van der Waals surface area contributed by atoms with Crippen molar-refractivity contribution < 1.29 is 14.6 Å². The number of fused-ring (bicyclic) bond motifs is 1. The lowest BCUT2D eigenvalue weighted by Gasteiger charge is -2.40. The molecular formula is C32H36N8O4. The summed E-state index contributed by atoms with van der Waals surface area (Å²) in [6, 6.07) is 17.8. The first-order valence-electron chi connectivity index (χ1n) is 14.5. The lowest BCUT2D eigenvalue weighted by molar-refractivity contribution is -0.117. The van der Waals surface area contributed by atoms with Gasteiger partial charge in [0.05, 0.1) is 11.8 Å². The molecule has 3 heterocycles. The Morgan fingerprint density at radius 2 is 1.82 bits per heavy atom. The van der Waals surface area contributed by atoms with Crippen LogP contribution in [0.15, 0.2) is 77.4 Å². The van der Waals surface area contributed by atoms with Gasteiger partial charge in [-0.2, -0.15) is 5.26 Å². The van der Waals surface area contributed by atoms with Gasteiger partial charge >= 0.3 is 5.69 Å². The van der Waals surface area contributed by atoms with Gasteiger partial charge in [-0.3, -0.25) is 18.8 Å². The first kappa shape index (κ1) is 30.5. The van der Waals surface area contributed by atoms with Gasteiger partial charge in [0, 0.05) is 31.2 Å². The molecule has 2 aromatic heterocycles. The van der Waals surface area contributed by atoms with Gasteiger partial charge in [-0.05, 0) is 76.1 Å². The summed E-state index contributed by atoms with van der Waals surface area (Å²) in [4.78, 5) is 37.5. The molecule has 1 aliphatic heterocycles. The molecule has 1 fully saturated rings. The molecule has 5 rings (SSSR count). The molecular weight excluding hydrogens is 560 g/mol. The maximum Gasteiger partial charge on any atom is 0.335 e. The fraction of sp³-hybridized carbons (Fsp3) is 0.344. The second-order valence-corrected chi connectivity index (χ2v) is 11.5. The van der Waals surface area contributed by atoms with Gasteiger partial charge < -0.3 is 20.9 Å². The van der Waals surface area contributed by atoms with E-state index in [-0.39, 0.29) is 24.0 Å². The van der Waals surface area contributed by atoms with E-state index in [1.165, 1.54) is 15.5 Å². The highest BCUT2D eigenvalue weighted by molar-refractivity contribution is 5.97. The topological polar surface area (TPSA) is 164 Å². The van der Waals surface area contributed by atoms with Gasteiger partial charge in [-0.25, -0.2) is 14.8 Å². The highest BCUT2D eigenvalue weighted by atomic mass is 16.5. The number of piperidine rings is 1. The Hall–Kier alpha value is -4.99. The molecule has 0 bridgehead atoms. The number of nitrogens with zero attached hydrogens (tertiary/aromatic N) is 6. The first-order valence-corrected chi connectivity index (χ1v) is 14.5. The Balaban J connectivity index is 1.37. The van der Waals surface area contributed by atoms with Crippen LogP contribution >= 0.6 is 0 Å². The summed E-state index contributed by atoms with van der Waals surface area (Å²) >= 11 is 0. The van der Waals surface area contributed by atoms with E-state index in [1.807, 2.05) is 50.2 Å². The largest absolute Gasteiger partial charge is 0.457 e. The zero-order valence-corrected chi connectivity index (χ0v) is 25.0. The van der Waals surface area contributed by atoms with E-state index in [0.717, 1.165) is 0 Å². The van der Waals surface area contributed by atoms with E-state index >= 15 is 0 Å². The number of aliphatic hydroxyl groups is 1. The summed E-state index contributed by atoms with van der Waals surface area (Å²) in [5.74, 6) is 0.881. The number of carbonyl (C=O) groups is 1. The second-order valence-electron chi connectivity index (χ2n) is 11.5. The number of likely N-dealkylation sites (tertiary alicyclic amines) is 1. The highest BCUT2D eigenvalue weighted by Crippen LogP contribution is 2.26. The van der Waals surface area contributed by atoms with Crippen molar-refractivity contribution in [3.8, 4) is 23.3 Å². The first-order chi connectivity index (χ1) is 21.1. The van der Waals surface area contributed by atoms with E-state index in [2.05, 4.69) is 20.2 Å². The van der Waals surface area contributed by atoms with Gasteiger partial charge in [-0.1, -0.05) is 18.2 Å². The maximum atomic E-state index is 13.8. The van der Waals surface area contributed by atoms with Gasteiger partial charge in [0.2, 0.25) is 0 Å². The molecule has 2 aromatic carbocycles. The third-order valence-electron chi connectivity index (χ3n) is 7.78. The fourth-order valence-electron chi connectivity index (χ4n) is 5.45. The summed E-state index contributed by atoms with van der Waals surface area (Å²) in [5, 5.41) is 22.5. The van der Waals surface area contributed by atoms with Crippen molar-refractivity contribution in [3.63, 3.8) is 0 Å². The zero-order chi connectivity index (χ0) is 31.4. The monoisotopic (exact) mass is 596 g/mol. The summed E-state index contributed by atoms with van der Waals surface area (Å²) in [7, 11) is 0. The fourth-order valence-corrected chi connectivity index (χ4v) is 5.45. The molecule has 228 valence electrons. The number of ether oxygens (including phenoxy) is 1. The van der Waals surface area contributed by atoms with Crippen molar-refractivity contribution in [2.45, 2.75) is 57.8 Å². The number of nitrogens with two attached hydrogens (primary N) is 1. The Labute approximate surface area is 255 Å². The number of hydrogen-bond acceptors (Lipinski definition) is 9. The van der Waals surface area contributed by atoms with Crippen LogP contribution in [0.5, 0.6) is 11.5 Å². The number of aliphatic hydroxyl groups excluding tert-OH is 1. The van der Waals surface area contributed by atoms with E-state index in [9.17, 15) is 20.0 Å². The van der Waals surface area contributed by atoms with Crippen molar-refractivity contribution in [2.75, 3.05) is 18.8 Å². The van der Waals surface area contributed by atoms with Crippen molar-refractivity contribution >= 4 is 22.9 Å². The van der Waals surface area contributed by atoms with Gasteiger partial charge in [0.1, 0.15) is 35.0 Å². The number of aromatic nitrogens is 4. The Kier molecular flexibility index (Phi) is 8.80. The number of nitriles is 1. The van der Waals surface area contributed by atoms with Crippen molar-refractivity contribution in [3.05, 3.63) is 83.1 Å². The van der Waals surface area contributed by atoms with Crippen molar-refractivity contribution in [1.82, 2.24) is 29.3 Å². The number of imidazole rings is 1. The highest BCUT2D eigenvalue weighted by Gasteiger charge is 2.30. The number of para-hydroxylation sites is 1. The van der Waals surface area contributed by atoms with Crippen LogP contribution in [0.1, 0.15) is 33.6 Å². The van der Waals surface area contributed by atoms with E-state index in [4.69, 9.17) is 10.5 Å². The van der Waals surface area contributed by atoms with Crippen LogP contribution in [0.4, 0.5) is 5.82 Å². The molecule has 1 atom stereocenters. The smallest absolute Gasteiger partial charge is 0.335 e. The molecule has 0 saturated carbocycles. The molecule has 4 aromatic rings. The molecule has 0 radical (unpaired) electrons. The molecule has 1 unspecified atom stereocenters. The van der Waals surface area contributed by atoms with Crippen LogP contribution in [0, 0.1) is 11.3 Å². The van der Waals surface area contributed by atoms with Gasteiger partial charge in [0.25, 0.3) is 5.91 Å². The number of rotatable bonds is 9. The SMILES string of the molecule is CC(Cn1c(=O)n(-c2ccc(Oc3ccccc3)cc2)c2c(N)ncnc21)NC(=O)C(C#N)=CC(C)(C)N1CCC(O)CC1. The molecule has 0 aliphatic carbocycles. The predicted molar refractivity (Wildman–Crippen MR) is 166 cm³/mol. The number of amides is 1. The number of anilines is 1. The molecule has 12 heteroatoms. The van der Waals surface area contributed by atoms with Crippen LogP contribution in [0.25, 0.3) is 16.9 Å². The van der Waals surface area contributed by atoms with E-state index in [0.29, 0.717) is 54.3 Å². The summed E-state index contributed by atoms with van der Waals surface area (Å²) < 4.78 is 8.75. The number of hydrogen-bond donors (Lipinski definition) is 3. The van der Waals surface area contributed by atoms with Crippen LogP contribution in [-0.2, 0) is 11.3 Å². The Bertz CT molecular complexity index is 1760. The quantitative estimate of drug-likeness (QED) is 0.194. The van der Waals surface area contributed by atoms with Crippen LogP contribution in [0.3, 0.4) is 0 Å². The zero-order valence-electron chi connectivity index (χ0n) is 25.0. The number of benzene rings is 2. The molecule has 1 aliphatic rings. The minimum atomic E-state index is -0.563. The second kappa shape index (κ2) is 12.7. The molecule has 1 amide bonds. The van der Waals surface area contributed by atoms with E-state index < -0.39 is 23.2 Å². The molecule has 12 nitrogen and oxygen atoms in total. The number of carbonyl (C=O) groups excluding carboxylic acids is 1. The van der Waals surface area contributed by atoms with Gasteiger partial charge in [0.15, 0.2) is 11.5 Å². The standard InChI is InChI=1S/C32H36N8O4/c1-21(37-30(42)22(18-33)17-32(2,3)38-15-13-24(41)14-16-38)19-39-29-27(28(34)35-20-36-29)40(31(39)43)23-9-11-26(12-10-23)44-25-7-5-4-6-8-25/h4-12,17,20-21,24,41H,13-16,19H2,1-3H3,(H,37,42)(H2,34,35,36). The molecule has 44 heavy (non-hydrogen) atoms. The van der Waals surface area contributed by atoms with Crippen LogP contribution < -0.4 is 21.5 Å². The molecule has 1 saturated heterocycles. The van der Waals surface area contributed by atoms with Crippen LogP contribution in [0.2, 0.25) is 0 Å². The number of nitrogens with one attached hydrogen (secondary N) is 1. The Morgan fingerprint density at radius 1 is 1.16 bits per heavy atom. The lowest BCUT2D eigenvalue weighted by Crippen LogP contribution is -2.48.